The fraction of sp³-hybridized carbons (Fsp3) is 0.316. The van der Waals surface area contributed by atoms with Crippen molar-refractivity contribution in [2.24, 2.45) is 0 Å². The van der Waals surface area contributed by atoms with Crippen LogP contribution in [0.25, 0.3) is 0 Å². The molecule has 0 saturated heterocycles. The molecule has 0 atom stereocenters. The first-order chi connectivity index (χ1) is 11.8. The van der Waals surface area contributed by atoms with E-state index in [1.54, 1.807) is 0 Å². The predicted molar refractivity (Wildman–Crippen MR) is 89.0 cm³/mol. The van der Waals surface area contributed by atoms with Crippen LogP contribution in [0, 0.1) is 0 Å². The number of benzene rings is 2. The molecule has 0 aliphatic carbocycles. The van der Waals surface area contributed by atoms with Gasteiger partial charge in [0.25, 0.3) is 5.91 Å². The Morgan fingerprint density at radius 3 is 2.28 bits per heavy atom. The average molecular weight is 351 g/mol. The lowest BCUT2D eigenvalue weighted by Gasteiger charge is -2.15. The van der Waals surface area contributed by atoms with Crippen LogP contribution in [0.2, 0.25) is 0 Å². The molecule has 0 aliphatic rings. The zero-order valence-electron chi connectivity index (χ0n) is 14.1. The Balaban J connectivity index is 2.11. The first-order valence-corrected chi connectivity index (χ1v) is 7.92. The molecule has 0 fully saturated rings. The van der Waals surface area contributed by atoms with Crippen molar-refractivity contribution < 1.29 is 22.7 Å². The second-order valence-corrected chi connectivity index (χ2v) is 5.85. The molecule has 6 heteroatoms. The molecule has 0 aromatic heterocycles. The van der Waals surface area contributed by atoms with Crippen molar-refractivity contribution in [2.75, 3.05) is 0 Å². The topological polar surface area (TPSA) is 38.3 Å². The second-order valence-electron chi connectivity index (χ2n) is 5.85. The third kappa shape index (κ3) is 5.32. The molecule has 2 aromatic carbocycles. The fourth-order valence-electron chi connectivity index (χ4n) is 2.33. The number of hydrogen-bond donors (Lipinski definition) is 1. The summed E-state index contributed by atoms with van der Waals surface area (Å²) in [5.41, 5.74) is 0.372. The number of rotatable bonds is 6. The van der Waals surface area contributed by atoms with E-state index >= 15 is 0 Å². The lowest BCUT2D eigenvalue weighted by Crippen LogP contribution is -2.26. The molecule has 2 aromatic rings. The van der Waals surface area contributed by atoms with Gasteiger partial charge in [-0.1, -0.05) is 36.4 Å². The molecular formula is C19H20F3NO2. The van der Waals surface area contributed by atoms with Crippen LogP contribution in [-0.2, 0) is 24.1 Å². The van der Waals surface area contributed by atoms with E-state index in [0.717, 1.165) is 17.2 Å². The third-order valence-electron chi connectivity index (χ3n) is 3.61. The number of nitrogens with one attached hydrogen (secondary N) is 1. The molecule has 0 aliphatic heterocycles. The largest absolute Gasteiger partial charge is 0.417 e. The van der Waals surface area contributed by atoms with Crippen LogP contribution in [0.15, 0.2) is 48.5 Å². The molecule has 3 nitrogen and oxygen atoms in total. The maximum atomic E-state index is 13.0. The molecule has 0 bridgehead atoms. The number of alkyl halides is 3. The van der Waals surface area contributed by atoms with E-state index in [-0.39, 0.29) is 18.2 Å². The zero-order chi connectivity index (χ0) is 18.4. The Labute approximate surface area is 144 Å². The van der Waals surface area contributed by atoms with Crippen LogP contribution in [0.5, 0.6) is 0 Å². The summed E-state index contributed by atoms with van der Waals surface area (Å²) in [5, 5.41) is 2.56. The van der Waals surface area contributed by atoms with Crippen LogP contribution >= 0.6 is 0 Å². The van der Waals surface area contributed by atoms with Gasteiger partial charge in [0.05, 0.1) is 23.8 Å². The van der Waals surface area contributed by atoms with Crippen LogP contribution in [-0.4, -0.2) is 12.0 Å². The van der Waals surface area contributed by atoms with Crippen molar-refractivity contribution in [2.45, 2.75) is 39.3 Å². The van der Waals surface area contributed by atoms with Gasteiger partial charge in [-0.15, -0.1) is 0 Å². The Morgan fingerprint density at radius 1 is 1.04 bits per heavy atom. The van der Waals surface area contributed by atoms with Crippen molar-refractivity contribution in [3.63, 3.8) is 0 Å². The van der Waals surface area contributed by atoms with Crippen molar-refractivity contribution in [1.82, 2.24) is 5.32 Å². The number of carbonyl (C=O) groups is 1. The standard InChI is InChI=1S/C19H20F3NO2/c1-13(2)25-12-15-8-4-3-7-14(15)11-23-18(24)16-9-5-6-10-17(16)19(20,21)22/h3-10,13H,11-12H2,1-2H3,(H,23,24). The first kappa shape index (κ1) is 19.0. The maximum Gasteiger partial charge on any atom is 0.417 e. The van der Waals surface area contributed by atoms with Gasteiger partial charge >= 0.3 is 6.18 Å². The number of amides is 1. The maximum absolute atomic E-state index is 13.0. The van der Waals surface area contributed by atoms with Gasteiger partial charge < -0.3 is 10.1 Å². The molecule has 0 heterocycles. The van der Waals surface area contributed by atoms with Crippen LogP contribution in [0.4, 0.5) is 13.2 Å². The van der Waals surface area contributed by atoms with Gasteiger partial charge in [0.1, 0.15) is 0 Å². The molecule has 0 radical (unpaired) electrons. The molecule has 0 saturated carbocycles. The molecule has 25 heavy (non-hydrogen) atoms. The molecular weight excluding hydrogens is 331 g/mol. The summed E-state index contributed by atoms with van der Waals surface area (Å²) in [6, 6.07) is 12.1. The number of ether oxygens (including phenoxy) is 1. The fourth-order valence-corrected chi connectivity index (χ4v) is 2.33. The minimum atomic E-state index is -4.57. The van der Waals surface area contributed by atoms with Crippen molar-refractivity contribution in [3.05, 3.63) is 70.8 Å². The summed E-state index contributed by atoms with van der Waals surface area (Å²) >= 11 is 0. The minimum absolute atomic E-state index is 0.0568. The van der Waals surface area contributed by atoms with Crippen molar-refractivity contribution in [3.8, 4) is 0 Å². The van der Waals surface area contributed by atoms with Crippen LogP contribution < -0.4 is 5.32 Å². The minimum Gasteiger partial charge on any atom is -0.374 e. The van der Waals surface area contributed by atoms with E-state index in [1.807, 2.05) is 38.1 Å². The Kier molecular flexibility index (Phi) is 6.20. The van der Waals surface area contributed by atoms with Crippen molar-refractivity contribution in [1.29, 1.82) is 0 Å². The quantitative estimate of drug-likeness (QED) is 0.828. The van der Waals surface area contributed by atoms with Crippen molar-refractivity contribution >= 4 is 5.91 Å². The first-order valence-electron chi connectivity index (χ1n) is 7.92. The van der Waals surface area contributed by atoms with E-state index in [0.29, 0.717) is 6.61 Å². The summed E-state index contributed by atoms with van der Waals surface area (Å²) in [6.45, 7) is 4.34. The second kappa shape index (κ2) is 8.16. The molecule has 0 unspecified atom stereocenters. The average Bonchev–Trinajstić information content (AvgIpc) is 2.57. The summed E-state index contributed by atoms with van der Waals surface area (Å²) in [5.74, 6) is -0.757. The molecule has 1 amide bonds. The molecule has 134 valence electrons. The highest BCUT2D eigenvalue weighted by Crippen LogP contribution is 2.31. The van der Waals surface area contributed by atoms with Gasteiger partial charge in [0.2, 0.25) is 0 Å². The number of hydrogen-bond acceptors (Lipinski definition) is 2. The van der Waals surface area contributed by atoms with E-state index in [1.165, 1.54) is 18.2 Å². The third-order valence-corrected chi connectivity index (χ3v) is 3.61. The van der Waals surface area contributed by atoms with Gasteiger partial charge in [0.15, 0.2) is 0 Å². The highest BCUT2D eigenvalue weighted by atomic mass is 19.4. The SMILES string of the molecule is CC(C)OCc1ccccc1CNC(=O)c1ccccc1C(F)(F)F. The molecule has 0 spiro atoms. The normalized spacial score (nSPS) is 11.6. The monoisotopic (exact) mass is 351 g/mol. The Hall–Kier alpha value is -2.34. The lowest BCUT2D eigenvalue weighted by molar-refractivity contribution is -0.137. The van der Waals surface area contributed by atoms with Gasteiger partial charge in [-0.25, -0.2) is 0 Å². The van der Waals surface area contributed by atoms with E-state index in [9.17, 15) is 18.0 Å². The lowest BCUT2D eigenvalue weighted by atomic mass is 10.1. The Bertz CT molecular complexity index is 727. The zero-order valence-corrected chi connectivity index (χ0v) is 14.1. The van der Waals surface area contributed by atoms with Gasteiger partial charge in [-0.3, -0.25) is 4.79 Å². The smallest absolute Gasteiger partial charge is 0.374 e. The summed E-state index contributed by atoms with van der Waals surface area (Å²) in [4.78, 5) is 12.2. The Morgan fingerprint density at radius 2 is 1.64 bits per heavy atom. The van der Waals surface area contributed by atoms with Crippen LogP contribution in [0.3, 0.4) is 0 Å². The van der Waals surface area contributed by atoms with E-state index in [4.69, 9.17) is 4.74 Å². The van der Waals surface area contributed by atoms with Gasteiger partial charge in [0, 0.05) is 6.54 Å². The summed E-state index contributed by atoms with van der Waals surface area (Å²) in [6.07, 6.45) is -4.52. The van der Waals surface area contributed by atoms with Gasteiger partial charge in [-0.05, 0) is 37.1 Å². The number of halogens is 3. The van der Waals surface area contributed by atoms with Crippen LogP contribution in [0.1, 0.15) is 40.9 Å². The summed E-state index contributed by atoms with van der Waals surface area (Å²) in [7, 11) is 0. The van der Waals surface area contributed by atoms with Gasteiger partial charge in [-0.2, -0.15) is 13.2 Å². The highest BCUT2D eigenvalue weighted by Gasteiger charge is 2.34. The molecule has 2 rings (SSSR count). The summed E-state index contributed by atoms with van der Waals surface area (Å²) < 4.78 is 44.6. The molecule has 1 N–H and O–H groups in total. The number of carbonyl (C=O) groups excluding carboxylic acids is 1. The predicted octanol–water partition coefficient (Wildman–Crippen LogP) is 4.56. The van der Waals surface area contributed by atoms with E-state index in [2.05, 4.69) is 5.32 Å². The highest BCUT2D eigenvalue weighted by molar-refractivity contribution is 5.95. The van der Waals surface area contributed by atoms with E-state index < -0.39 is 17.6 Å².